The second kappa shape index (κ2) is 8.76. The molecule has 0 rings (SSSR count). The maximum atomic E-state index is 6.29. The molecule has 0 aliphatic carbocycles. The van der Waals surface area contributed by atoms with Crippen LogP contribution < -0.4 is 0 Å². The minimum absolute atomic E-state index is 0.0689. The van der Waals surface area contributed by atoms with E-state index in [1.807, 2.05) is 6.92 Å². The maximum Gasteiger partial charge on any atom is 0.0847 e. The van der Waals surface area contributed by atoms with Gasteiger partial charge in [-0.2, -0.15) is 0 Å². The Kier molecular flexibility index (Phi) is 8.94. The molecule has 0 heterocycles. The largest absolute Gasteiger partial charge is 0.299 e. The van der Waals surface area contributed by atoms with E-state index in [0.29, 0.717) is 12.1 Å². The van der Waals surface area contributed by atoms with Crippen molar-refractivity contribution >= 4 is 51.2 Å². The average Bonchev–Trinajstić information content (AvgIpc) is 2.38. The van der Waals surface area contributed by atoms with Crippen molar-refractivity contribution in [1.82, 2.24) is 4.90 Å². The summed E-state index contributed by atoms with van der Waals surface area (Å²) in [6, 6.07) is 0.871. The molecule has 0 saturated carbocycles. The molecule has 1 nitrogen and oxygen atoms in total. The first kappa shape index (κ1) is 20.4. The van der Waals surface area contributed by atoms with Crippen molar-refractivity contribution in [2.75, 3.05) is 6.54 Å². The summed E-state index contributed by atoms with van der Waals surface area (Å²) in [6.07, 6.45) is 0.630. The zero-order valence-electron chi connectivity index (χ0n) is 14.1. The Morgan fingerprint density at radius 3 is 2.00 bits per heavy atom. The fourth-order valence-corrected chi connectivity index (χ4v) is 3.28. The van der Waals surface area contributed by atoms with Crippen LogP contribution in [0.25, 0.3) is 0 Å². The van der Waals surface area contributed by atoms with Crippen LogP contribution in [0.3, 0.4) is 0 Å². The first-order valence-electron chi connectivity index (χ1n) is 7.75. The molecule has 0 aromatic carbocycles. The third kappa shape index (κ3) is 5.00. The molecule has 0 aliphatic heterocycles. The fourth-order valence-electron chi connectivity index (χ4n) is 3.28. The minimum Gasteiger partial charge on any atom is -0.299 e. The Bertz CT molecular complexity index is 275. The summed E-state index contributed by atoms with van der Waals surface area (Å²) < 4.78 is 0. The number of hydrogen-bond donors (Lipinski definition) is 0. The molecule has 9 radical (unpaired) electrons. The van der Waals surface area contributed by atoms with Crippen molar-refractivity contribution in [3.63, 3.8) is 0 Å². The second-order valence-corrected chi connectivity index (χ2v) is 6.32. The lowest BCUT2D eigenvalue weighted by Gasteiger charge is -2.45. The predicted octanol–water partition coefficient (Wildman–Crippen LogP) is 0.915. The van der Waals surface area contributed by atoms with Crippen LogP contribution in [0.15, 0.2) is 0 Å². The smallest absolute Gasteiger partial charge is 0.0847 e. The highest BCUT2D eigenvalue weighted by molar-refractivity contribution is 7.60. The summed E-state index contributed by atoms with van der Waals surface area (Å²) in [5.74, 6) is 0.249. The van der Waals surface area contributed by atoms with Gasteiger partial charge < -0.3 is 0 Å². The Hall–Kier alpha value is 0.415. The zero-order valence-corrected chi connectivity index (χ0v) is 14.1. The van der Waals surface area contributed by atoms with Gasteiger partial charge in [-0.1, -0.05) is 33.5 Å². The monoisotopic (exact) mass is 260 g/mol. The molecule has 0 amide bonds. The van der Waals surface area contributed by atoms with E-state index in [2.05, 4.69) is 39.5 Å². The van der Waals surface area contributed by atoms with Crippen molar-refractivity contribution < 1.29 is 0 Å². The van der Waals surface area contributed by atoms with E-state index in [1.54, 1.807) is 0 Å². The molecule has 1 unspecified atom stereocenters. The lowest BCUT2D eigenvalue weighted by atomic mass is 8.82. The highest BCUT2D eigenvalue weighted by atomic mass is 15.2. The third-order valence-electron chi connectivity index (χ3n) is 4.86. The van der Waals surface area contributed by atoms with Crippen LogP contribution in [0.4, 0.5) is 0 Å². The summed E-state index contributed by atoms with van der Waals surface area (Å²) >= 11 is 0. The van der Waals surface area contributed by atoms with Crippen LogP contribution in [0.5, 0.6) is 0 Å². The molecular formula is C12H25B7N. The molecule has 0 aromatic heterocycles. The van der Waals surface area contributed by atoms with Gasteiger partial charge in [0.1, 0.15) is 0 Å². The van der Waals surface area contributed by atoms with Crippen molar-refractivity contribution in [3.05, 3.63) is 0 Å². The Labute approximate surface area is 134 Å². The average molecular weight is 259 g/mol. The van der Waals surface area contributed by atoms with Crippen LogP contribution in [-0.4, -0.2) is 74.7 Å². The van der Waals surface area contributed by atoms with E-state index in [0.717, 1.165) is 13.0 Å². The minimum atomic E-state index is -0.670. The van der Waals surface area contributed by atoms with E-state index in [-0.39, 0.29) is 12.4 Å². The van der Waals surface area contributed by atoms with Crippen molar-refractivity contribution in [2.24, 2.45) is 0 Å². The van der Waals surface area contributed by atoms with Crippen molar-refractivity contribution in [3.8, 4) is 0 Å². The number of rotatable bonds is 9. The van der Waals surface area contributed by atoms with Crippen molar-refractivity contribution in [2.45, 2.75) is 71.0 Å². The normalized spacial score (nSPS) is 18.9. The van der Waals surface area contributed by atoms with Crippen molar-refractivity contribution in [1.29, 1.82) is 0 Å². The van der Waals surface area contributed by atoms with Gasteiger partial charge in [0.2, 0.25) is 0 Å². The molecule has 0 aromatic rings. The summed E-state index contributed by atoms with van der Waals surface area (Å²) in [5, 5.41) is -0.670. The van der Waals surface area contributed by atoms with Gasteiger partial charge in [0.05, 0.1) is 14.4 Å². The van der Waals surface area contributed by atoms with Gasteiger partial charge in [-0.15, -0.1) is 5.11 Å². The third-order valence-corrected chi connectivity index (χ3v) is 4.86. The molecule has 0 saturated heterocycles. The summed E-state index contributed by atoms with van der Waals surface area (Å²) in [6.45, 7) is 13.9. The molecule has 20 heavy (non-hydrogen) atoms. The Balaban J connectivity index is 5.20. The molecule has 0 bridgehead atoms. The second-order valence-electron chi connectivity index (χ2n) is 6.32. The zero-order chi connectivity index (χ0) is 16.1. The molecule has 0 N–H and O–H groups in total. The van der Waals surface area contributed by atoms with Crippen LogP contribution in [0.2, 0.25) is 10.9 Å². The van der Waals surface area contributed by atoms with E-state index in [9.17, 15) is 0 Å². The molecule has 4 atom stereocenters. The molecular weight excluding hydrogens is 234 g/mol. The summed E-state index contributed by atoms with van der Waals surface area (Å²) in [5.41, 5.74) is 0. The van der Waals surface area contributed by atoms with E-state index >= 15 is 0 Å². The topological polar surface area (TPSA) is 3.24 Å². The molecule has 0 aliphatic rings. The van der Waals surface area contributed by atoms with Crippen LogP contribution in [0, 0.1) is 0 Å². The standard InChI is InChI=1S/C12H25B7N/c1-7-9(3)20(8-2)11(5)10(4)18(19(15)16)12(6,13)17-14/h9-11H,7-8H2,1-6H3/t9-,10+,11-,12?/m0/s1. The number of nitrogens with zero attached hydrogens (tertiary/aromatic N) is 1. The van der Waals surface area contributed by atoms with Gasteiger partial charge in [0, 0.05) is 48.9 Å². The van der Waals surface area contributed by atoms with Gasteiger partial charge in [0.15, 0.2) is 0 Å². The maximum absolute atomic E-state index is 6.29. The molecule has 8 heteroatoms. The summed E-state index contributed by atoms with van der Waals surface area (Å²) in [4.78, 5) is 2.48. The molecule has 99 valence electrons. The van der Waals surface area contributed by atoms with E-state index < -0.39 is 11.5 Å². The molecule has 0 fully saturated rings. The number of hydrogen-bond acceptors (Lipinski definition) is 1. The Morgan fingerprint density at radius 1 is 1.20 bits per heavy atom. The Morgan fingerprint density at radius 2 is 1.70 bits per heavy atom. The SMILES string of the molecule is [B][B]C([B])(C)B(B([B])[B])[C@H](C)[C@H](C)N(CC)[C@@H](C)CC. The van der Waals surface area contributed by atoms with E-state index in [1.165, 1.54) is 7.17 Å². The van der Waals surface area contributed by atoms with Crippen LogP contribution in [-0.2, 0) is 0 Å². The van der Waals surface area contributed by atoms with Gasteiger partial charge in [-0.3, -0.25) is 4.90 Å². The highest BCUT2D eigenvalue weighted by Gasteiger charge is 2.40. The van der Waals surface area contributed by atoms with E-state index in [4.69, 9.17) is 31.1 Å². The van der Waals surface area contributed by atoms with Gasteiger partial charge in [-0.25, -0.2) is 0 Å². The lowest BCUT2D eigenvalue weighted by molar-refractivity contribution is 0.154. The van der Waals surface area contributed by atoms with Crippen LogP contribution >= 0.6 is 0 Å². The highest BCUT2D eigenvalue weighted by Crippen LogP contribution is 2.34. The first-order chi connectivity index (χ1) is 9.13. The first-order valence-corrected chi connectivity index (χ1v) is 7.75. The van der Waals surface area contributed by atoms with Crippen LogP contribution in [0.1, 0.15) is 48.0 Å². The lowest BCUT2D eigenvalue weighted by Crippen LogP contribution is -2.56. The fraction of sp³-hybridized carbons (Fsp3) is 1.00. The van der Waals surface area contributed by atoms with Gasteiger partial charge in [-0.05, 0) is 26.8 Å². The quantitative estimate of drug-likeness (QED) is 0.556. The predicted molar refractivity (Wildman–Crippen MR) is 99.7 cm³/mol. The molecule has 0 spiro atoms. The van der Waals surface area contributed by atoms with Gasteiger partial charge in [0.25, 0.3) is 0 Å². The van der Waals surface area contributed by atoms with Gasteiger partial charge >= 0.3 is 0 Å². The summed E-state index contributed by atoms with van der Waals surface area (Å²) in [7, 11) is 25.5.